The highest BCUT2D eigenvalue weighted by Crippen LogP contribution is 2.22. The minimum absolute atomic E-state index is 0.323. The van der Waals surface area contributed by atoms with Crippen LogP contribution in [0.1, 0.15) is 12.8 Å². The molecule has 20 heavy (non-hydrogen) atoms. The molecule has 0 unspecified atom stereocenters. The van der Waals surface area contributed by atoms with Gasteiger partial charge in [0.1, 0.15) is 0 Å². The van der Waals surface area contributed by atoms with Gasteiger partial charge in [0.15, 0.2) is 5.82 Å². The van der Waals surface area contributed by atoms with Gasteiger partial charge in [-0.25, -0.2) is 0 Å². The third-order valence-corrected chi connectivity index (χ3v) is 4.40. The molecule has 5 nitrogen and oxygen atoms in total. The van der Waals surface area contributed by atoms with Crippen molar-refractivity contribution in [3.63, 3.8) is 0 Å². The Kier molecular flexibility index (Phi) is 3.93. The molecule has 2 heterocycles. The van der Waals surface area contributed by atoms with E-state index in [1.807, 2.05) is 0 Å². The molecule has 0 amide bonds. The summed E-state index contributed by atoms with van der Waals surface area (Å²) >= 11 is 1.73. The lowest BCUT2D eigenvalue weighted by molar-refractivity contribution is 0.496. The van der Waals surface area contributed by atoms with Crippen molar-refractivity contribution in [2.24, 2.45) is 5.73 Å². The van der Waals surface area contributed by atoms with Gasteiger partial charge in [-0.05, 0) is 31.2 Å². The molecule has 1 aromatic carbocycles. The van der Waals surface area contributed by atoms with Crippen molar-refractivity contribution in [1.82, 2.24) is 15.2 Å². The first-order valence-electron chi connectivity index (χ1n) is 6.83. The number of nitrogens with one attached hydrogen (secondary N) is 1. The van der Waals surface area contributed by atoms with Gasteiger partial charge in [0.05, 0.1) is 0 Å². The van der Waals surface area contributed by atoms with Crippen molar-refractivity contribution in [2.45, 2.75) is 23.8 Å². The quantitative estimate of drug-likeness (QED) is 0.847. The summed E-state index contributed by atoms with van der Waals surface area (Å²) in [6, 6.07) is 8.66. The van der Waals surface area contributed by atoms with Gasteiger partial charge in [0.2, 0.25) is 5.95 Å². The maximum atomic E-state index is 5.92. The van der Waals surface area contributed by atoms with Gasteiger partial charge in [-0.1, -0.05) is 12.1 Å². The molecule has 0 radical (unpaired) electrons. The van der Waals surface area contributed by atoms with E-state index in [-0.39, 0.29) is 0 Å². The van der Waals surface area contributed by atoms with Crippen LogP contribution in [0.2, 0.25) is 0 Å². The van der Waals surface area contributed by atoms with Crippen molar-refractivity contribution >= 4 is 17.7 Å². The number of benzene rings is 1. The summed E-state index contributed by atoms with van der Waals surface area (Å²) in [7, 11) is 0. The normalized spacial score (nSPS) is 16.6. The average Bonchev–Trinajstić information content (AvgIpc) is 2.98. The summed E-state index contributed by atoms with van der Waals surface area (Å²) in [5, 5.41) is 7.35. The van der Waals surface area contributed by atoms with Crippen molar-refractivity contribution in [3.05, 3.63) is 24.3 Å². The molecule has 0 saturated carbocycles. The fourth-order valence-corrected chi connectivity index (χ4v) is 2.78. The molecule has 0 spiro atoms. The highest BCUT2D eigenvalue weighted by Gasteiger charge is 2.19. The lowest BCUT2D eigenvalue weighted by Gasteiger charge is -2.28. The van der Waals surface area contributed by atoms with E-state index in [1.54, 1.807) is 11.8 Å². The van der Waals surface area contributed by atoms with E-state index < -0.39 is 0 Å². The molecular formula is C14H19N5S. The molecule has 2 aromatic rings. The van der Waals surface area contributed by atoms with E-state index >= 15 is 0 Å². The van der Waals surface area contributed by atoms with E-state index in [1.165, 1.54) is 4.90 Å². The second kappa shape index (κ2) is 5.85. The first-order valence-corrected chi connectivity index (χ1v) is 8.06. The zero-order valence-corrected chi connectivity index (χ0v) is 12.4. The van der Waals surface area contributed by atoms with Crippen molar-refractivity contribution < 1.29 is 0 Å². The molecule has 0 aliphatic carbocycles. The fraction of sp³-hybridized carbons (Fsp3) is 0.429. The van der Waals surface area contributed by atoms with Crippen LogP contribution in [0.4, 0.5) is 5.95 Å². The highest BCUT2D eigenvalue weighted by atomic mass is 32.2. The Morgan fingerprint density at radius 1 is 1.25 bits per heavy atom. The van der Waals surface area contributed by atoms with E-state index in [0.717, 1.165) is 43.3 Å². The van der Waals surface area contributed by atoms with Crippen LogP contribution in [0.3, 0.4) is 0 Å². The monoisotopic (exact) mass is 289 g/mol. The van der Waals surface area contributed by atoms with Gasteiger partial charge in [0.25, 0.3) is 0 Å². The Hall–Kier alpha value is -1.53. The molecule has 1 aliphatic heterocycles. The summed E-state index contributed by atoms with van der Waals surface area (Å²) in [6.45, 7) is 1.87. The Bertz CT molecular complexity index is 557. The van der Waals surface area contributed by atoms with E-state index in [9.17, 15) is 0 Å². The first-order chi connectivity index (χ1) is 9.76. The molecular weight excluding hydrogens is 270 g/mol. The van der Waals surface area contributed by atoms with Gasteiger partial charge in [-0.3, -0.25) is 5.10 Å². The van der Waals surface area contributed by atoms with Crippen LogP contribution < -0.4 is 10.6 Å². The molecule has 1 saturated heterocycles. The minimum atomic E-state index is 0.323. The fourth-order valence-electron chi connectivity index (χ4n) is 2.37. The SMILES string of the molecule is CSc1ccc(-c2nc(N3CCC(N)CC3)n[nH]2)cc1. The van der Waals surface area contributed by atoms with Gasteiger partial charge in [-0.15, -0.1) is 16.9 Å². The molecule has 1 aliphatic rings. The number of aromatic nitrogens is 3. The number of hydrogen-bond donors (Lipinski definition) is 2. The number of thioether (sulfide) groups is 1. The first kappa shape index (κ1) is 13.5. The summed E-state index contributed by atoms with van der Waals surface area (Å²) in [5.41, 5.74) is 6.99. The van der Waals surface area contributed by atoms with Crippen LogP contribution in [0, 0.1) is 0 Å². The second-order valence-electron chi connectivity index (χ2n) is 5.04. The number of rotatable bonds is 3. The van der Waals surface area contributed by atoms with Gasteiger partial charge < -0.3 is 10.6 Å². The van der Waals surface area contributed by atoms with Crippen LogP contribution >= 0.6 is 11.8 Å². The summed E-state index contributed by atoms with van der Waals surface area (Å²) in [4.78, 5) is 8.04. The zero-order valence-electron chi connectivity index (χ0n) is 11.5. The number of nitrogens with zero attached hydrogens (tertiary/aromatic N) is 3. The van der Waals surface area contributed by atoms with Crippen molar-refractivity contribution in [1.29, 1.82) is 0 Å². The summed E-state index contributed by atoms with van der Waals surface area (Å²) in [5.74, 6) is 1.60. The third kappa shape index (κ3) is 2.81. The predicted octanol–water partition coefficient (Wildman–Crippen LogP) is 2.12. The number of H-pyrrole nitrogens is 1. The van der Waals surface area contributed by atoms with Crippen LogP contribution in [-0.2, 0) is 0 Å². The summed E-state index contributed by atoms with van der Waals surface area (Å²) < 4.78 is 0. The van der Waals surface area contributed by atoms with Crippen molar-refractivity contribution in [3.8, 4) is 11.4 Å². The Morgan fingerprint density at radius 3 is 2.60 bits per heavy atom. The smallest absolute Gasteiger partial charge is 0.245 e. The van der Waals surface area contributed by atoms with Crippen LogP contribution in [0.25, 0.3) is 11.4 Å². The van der Waals surface area contributed by atoms with Crippen LogP contribution in [0.5, 0.6) is 0 Å². The number of aromatic amines is 1. The minimum Gasteiger partial charge on any atom is -0.339 e. The van der Waals surface area contributed by atoms with Crippen LogP contribution in [0.15, 0.2) is 29.2 Å². The number of anilines is 1. The molecule has 3 N–H and O–H groups in total. The number of nitrogens with two attached hydrogens (primary N) is 1. The molecule has 1 fully saturated rings. The maximum Gasteiger partial charge on any atom is 0.245 e. The average molecular weight is 289 g/mol. The number of piperidine rings is 1. The molecule has 3 rings (SSSR count). The van der Waals surface area contributed by atoms with E-state index in [2.05, 4.69) is 50.6 Å². The topological polar surface area (TPSA) is 70.8 Å². The molecule has 6 heteroatoms. The van der Waals surface area contributed by atoms with E-state index in [4.69, 9.17) is 5.73 Å². The lowest BCUT2D eigenvalue weighted by Crippen LogP contribution is -2.40. The molecule has 0 atom stereocenters. The maximum absolute atomic E-state index is 5.92. The zero-order chi connectivity index (χ0) is 13.9. The van der Waals surface area contributed by atoms with E-state index in [0.29, 0.717) is 6.04 Å². The Balaban J connectivity index is 1.75. The Labute approximate surface area is 123 Å². The highest BCUT2D eigenvalue weighted by molar-refractivity contribution is 7.98. The lowest BCUT2D eigenvalue weighted by atomic mass is 10.1. The predicted molar refractivity (Wildman–Crippen MR) is 83.0 cm³/mol. The largest absolute Gasteiger partial charge is 0.339 e. The van der Waals surface area contributed by atoms with Gasteiger partial charge in [0, 0.05) is 29.6 Å². The molecule has 0 bridgehead atoms. The third-order valence-electron chi connectivity index (χ3n) is 3.66. The standard InChI is InChI=1S/C14H19N5S/c1-20-12-4-2-10(3-5-12)13-16-14(18-17-13)19-8-6-11(15)7-9-19/h2-5,11H,6-9,15H2,1H3,(H,16,17,18). The second-order valence-corrected chi connectivity index (χ2v) is 5.92. The summed E-state index contributed by atoms with van der Waals surface area (Å²) in [6.07, 6.45) is 4.08. The number of hydrogen-bond acceptors (Lipinski definition) is 5. The van der Waals surface area contributed by atoms with Crippen molar-refractivity contribution in [2.75, 3.05) is 24.2 Å². The van der Waals surface area contributed by atoms with Crippen LogP contribution in [-0.4, -0.2) is 40.6 Å². The van der Waals surface area contributed by atoms with Gasteiger partial charge in [-0.2, -0.15) is 4.98 Å². The Morgan fingerprint density at radius 2 is 1.95 bits per heavy atom. The van der Waals surface area contributed by atoms with Gasteiger partial charge >= 0.3 is 0 Å². The molecule has 1 aromatic heterocycles. The molecule has 106 valence electrons.